The van der Waals surface area contributed by atoms with Gasteiger partial charge in [0.15, 0.2) is 0 Å². The van der Waals surface area contributed by atoms with Gasteiger partial charge in [0.2, 0.25) is 0 Å². The molecule has 0 N–H and O–H groups in total. The first-order valence-electron chi connectivity index (χ1n) is 8.23. The Balaban J connectivity index is 1.65. The third-order valence-electron chi connectivity index (χ3n) is 3.92. The van der Waals surface area contributed by atoms with Crippen LogP contribution in [0.25, 0.3) is 18.2 Å². The molecule has 1 heterocycles. The summed E-state index contributed by atoms with van der Waals surface area (Å²) in [6.45, 7) is 2.17. The zero-order chi connectivity index (χ0) is 16.6. The molecule has 0 unspecified atom stereocenters. The molecule has 118 valence electrons. The largest absolute Gasteiger partial charge is 0.260 e. The van der Waals surface area contributed by atoms with Gasteiger partial charge in [-0.15, -0.1) is 0 Å². The topological polar surface area (TPSA) is 12.9 Å². The van der Waals surface area contributed by atoms with Gasteiger partial charge in [0.1, 0.15) is 0 Å². The molecule has 0 spiro atoms. The molecule has 0 saturated carbocycles. The van der Waals surface area contributed by atoms with E-state index in [4.69, 9.17) is 0 Å². The van der Waals surface area contributed by atoms with E-state index in [-0.39, 0.29) is 5.92 Å². The number of hydrogen-bond acceptors (Lipinski definition) is 1. The lowest BCUT2D eigenvalue weighted by Gasteiger charge is -2.06. The molecule has 24 heavy (non-hydrogen) atoms. The Hall–Kier alpha value is -2.93. The highest BCUT2D eigenvalue weighted by Crippen LogP contribution is 2.17. The molecule has 0 fully saturated rings. The molecule has 0 amide bonds. The van der Waals surface area contributed by atoms with Crippen molar-refractivity contribution < 1.29 is 0 Å². The van der Waals surface area contributed by atoms with Crippen molar-refractivity contribution in [2.24, 2.45) is 0 Å². The van der Waals surface area contributed by atoms with Crippen LogP contribution < -0.4 is 0 Å². The molecule has 0 bridgehead atoms. The highest BCUT2D eigenvalue weighted by molar-refractivity contribution is 5.69. The van der Waals surface area contributed by atoms with Crippen molar-refractivity contribution in [1.82, 2.24) is 4.98 Å². The van der Waals surface area contributed by atoms with Crippen LogP contribution in [-0.2, 0) is 0 Å². The molecular formula is C23H21N. The predicted molar refractivity (Wildman–Crippen MR) is 103 cm³/mol. The summed E-state index contributed by atoms with van der Waals surface area (Å²) >= 11 is 0. The van der Waals surface area contributed by atoms with Crippen molar-refractivity contribution >= 4 is 18.2 Å². The fraction of sp³-hybridized carbons (Fsp3) is 0.0870. The van der Waals surface area contributed by atoms with Crippen molar-refractivity contribution in [1.29, 1.82) is 0 Å². The van der Waals surface area contributed by atoms with E-state index in [2.05, 4.69) is 84.7 Å². The van der Waals surface area contributed by atoms with E-state index in [0.717, 1.165) is 11.3 Å². The van der Waals surface area contributed by atoms with E-state index < -0.39 is 0 Å². The van der Waals surface area contributed by atoms with Gasteiger partial charge in [-0.1, -0.05) is 98.0 Å². The van der Waals surface area contributed by atoms with Gasteiger partial charge in [-0.3, -0.25) is 4.98 Å². The number of benzene rings is 2. The van der Waals surface area contributed by atoms with Crippen molar-refractivity contribution in [3.05, 3.63) is 107 Å². The molecule has 0 aliphatic rings. The van der Waals surface area contributed by atoms with Crippen LogP contribution in [-0.4, -0.2) is 4.98 Å². The minimum Gasteiger partial charge on any atom is -0.260 e. The molecule has 0 saturated heterocycles. The van der Waals surface area contributed by atoms with E-state index in [1.165, 1.54) is 11.1 Å². The smallest absolute Gasteiger partial charge is 0.0469 e. The highest BCUT2D eigenvalue weighted by atomic mass is 14.7. The van der Waals surface area contributed by atoms with E-state index in [9.17, 15) is 0 Å². The molecule has 1 nitrogen and oxygen atoms in total. The second kappa shape index (κ2) is 8.07. The quantitative estimate of drug-likeness (QED) is 0.557. The van der Waals surface area contributed by atoms with Crippen LogP contribution in [0.5, 0.6) is 0 Å². The van der Waals surface area contributed by atoms with E-state index in [1.807, 2.05) is 30.5 Å². The van der Waals surface area contributed by atoms with Gasteiger partial charge >= 0.3 is 0 Å². The van der Waals surface area contributed by atoms with Gasteiger partial charge in [0, 0.05) is 17.8 Å². The molecule has 1 atom stereocenters. The van der Waals surface area contributed by atoms with Gasteiger partial charge in [-0.25, -0.2) is 0 Å². The average Bonchev–Trinajstić information content (AvgIpc) is 2.66. The van der Waals surface area contributed by atoms with Crippen molar-refractivity contribution in [3.8, 4) is 0 Å². The molecule has 0 aliphatic heterocycles. The molecule has 2 aromatic carbocycles. The summed E-state index contributed by atoms with van der Waals surface area (Å²) < 4.78 is 0. The SMILES string of the molecule is C[C@H](/C=C/c1ccccc1)c1ccc(/C=C/c2ccccc2)cn1. The molecular weight excluding hydrogens is 290 g/mol. The lowest BCUT2D eigenvalue weighted by molar-refractivity contribution is 0.910. The maximum Gasteiger partial charge on any atom is 0.0469 e. The number of nitrogens with zero attached hydrogens (tertiary/aromatic N) is 1. The van der Waals surface area contributed by atoms with E-state index in [1.54, 1.807) is 0 Å². The van der Waals surface area contributed by atoms with E-state index in [0.29, 0.717) is 0 Å². The average molecular weight is 311 g/mol. The summed E-state index contributed by atoms with van der Waals surface area (Å²) in [6, 6.07) is 24.9. The summed E-state index contributed by atoms with van der Waals surface area (Å²) in [5.41, 5.74) is 4.60. The Kier molecular flexibility index (Phi) is 5.36. The molecule has 3 aromatic rings. The van der Waals surface area contributed by atoms with Gasteiger partial charge in [-0.05, 0) is 22.8 Å². The molecule has 1 heteroatoms. The van der Waals surface area contributed by atoms with Gasteiger partial charge in [0.25, 0.3) is 0 Å². The summed E-state index contributed by atoms with van der Waals surface area (Å²) in [4.78, 5) is 4.60. The van der Waals surface area contributed by atoms with Crippen LogP contribution in [0.15, 0.2) is 85.1 Å². The molecule has 0 aliphatic carbocycles. The zero-order valence-corrected chi connectivity index (χ0v) is 13.8. The normalized spacial score (nSPS) is 12.7. The fourth-order valence-electron chi connectivity index (χ4n) is 2.46. The molecule has 0 radical (unpaired) electrons. The van der Waals surface area contributed by atoms with Crippen molar-refractivity contribution in [2.45, 2.75) is 12.8 Å². The molecule has 1 aromatic heterocycles. The first-order valence-corrected chi connectivity index (χ1v) is 8.23. The summed E-state index contributed by atoms with van der Waals surface area (Å²) in [5.74, 6) is 0.289. The third-order valence-corrected chi connectivity index (χ3v) is 3.92. The first kappa shape index (κ1) is 15.9. The minimum absolute atomic E-state index is 0.289. The first-order chi connectivity index (χ1) is 11.8. The van der Waals surface area contributed by atoms with E-state index >= 15 is 0 Å². The Morgan fingerprint density at radius 3 is 1.83 bits per heavy atom. The number of hydrogen-bond donors (Lipinski definition) is 0. The summed E-state index contributed by atoms with van der Waals surface area (Å²) in [7, 11) is 0. The van der Waals surface area contributed by atoms with Gasteiger partial charge in [-0.2, -0.15) is 0 Å². The number of rotatable bonds is 5. The maximum absolute atomic E-state index is 4.60. The maximum atomic E-state index is 4.60. The summed E-state index contributed by atoms with van der Waals surface area (Å²) in [6.07, 6.45) is 10.5. The van der Waals surface area contributed by atoms with Gasteiger partial charge in [0.05, 0.1) is 0 Å². The lowest BCUT2D eigenvalue weighted by Crippen LogP contribution is -1.93. The second-order valence-corrected chi connectivity index (χ2v) is 5.82. The van der Waals surface area contributed by atoms with Crippen LogP contribution in [0, 0.1) is 0 Å². The lowest BCUT2D eigenvalue weighted by atomic mass is 10.0. The number of pyridine rings is 1. The third kappa shape index (κ3) is 4.53. The van der Waals surface area contributed by atoms with Crippen LogP contribution in [0.3, 0.4) is 0 Å². The minimum atomic E-state index is 0.289. The monoisotopic (exact) mass is 311 g/mol. The Morgan fingerprint density at radius 2 is 1.25 bits per heavy atom. The van der Waals surface area contributed by atoms with Crippen LogP contribution in [0.2, 0.25) is 0 Å². The van der Waals surface area contributed by atoms with Crippen LogP contribution in [0.4, 0.5) is 0 Å². The molecule has 3 rings (SSSR count). The van der Waals surface area contributed by atoms with Gasteiger partial charge < -0.3 is 0 Å². The Labute approximate surface area is 144 Å². The number of aromatic nitrogens is 1. The van der Waals surface area contributed by atoms with Crippen molar-refractivity contribution in [3.63, 3.8) is 0 Å². The van der Waals surface area contributed by atoms with Crippen LogP contribution in [0.1, 0.15) is 35.2 Å². The second-order valence-electron chi connectivity index (χ2n) is 5.82. The standard InChI is InChI=1S/C23H21N/c1-19(12-13-20-8-4-2-5-9-20)23-17-16-22(18-24-23)15-14-21-10-6-3-7-11-21/h2-19H,1H3/b13-12+,15-14+/t19-/m1/s1. The zero-order valence-electron chi connectivity index (χ0n) is 13.8. The highest BCUT2D eigenvalue weighted by Gasteiger charge is 2.02. The number of allylic oxidation sites excluding steroid dienone is 1. The van der Waals surface area contributed by atoms with Crippen LogP contribution >= 0.6 is 0 Å². The Bertz CT molecular complexity index is 800. The predicted octanol–water partition coefficient (Wildman–Crippen LogP) is 6.07. The fourth-order valence-corrected chi connectivity index (χ4v) is 2.46. The Morgan fingerprint density at radius 1 is 0.667 bits per heavy atom. The van der Waals surface area contributed by atoms with Crippen molar-refractivity contribution in [2.75, 3.05) is 0 Å². The summed E-state index contributed by atoms with van der Waals surface area (Å²) in [5, 5.41) is 0.